The monoisotopic (exact) mass is 543 g/mol. The number of allylic oxidation sites excluding steroid dienone is 2. The average Bonchev–Trinajstić information content (AvgIpc) is 3.17. The van der Waals surface area contributed by atoms with Crippen LogP contribution in [0.25, 0.3) is 0 Å². The van der Waals surface area contributed by atoms with Gasteiger partial charge < -0.3 is 5.32 Å². The molecule has 1 unspecified atom stereocenters. The number of amides is 1. The van der Waals surface area contributed by atoms with E-state index in [2.05, 4.69) is 60.7 Å². The van der Waals surface area contributed by atoms with Gasteiger partial charge in [0.05, 0.1) is 0 Å². The summed E-state index contributed by atoms with van der Waals surface area (Å²) in [6.45, 7) is 19.7. The fourth-order valence-corrected chi connectivity index (χ4v) is 12.0. The van der Waals surface area contributed by atoms with E-state index in [9.17, 15) is 9.59 Å². The van der Waals surface area contributed by atoms with Gasteiger partial charge in [0.25, 0.3) is 5.91 Å². The standard InChI is InChI=1S/C37H53NO2/c1-23(2)30-26(39)22-34(5)20-21-36(7)25(31(30)34)14-15-28-35(6)18-17-29(38-32(40)24-12-10-9-11-13-24)33(3,4)27(35)16-19-37(28,36)8/h9-13,23,25,27-29H,14-22H2,1-8H3,(H,38,40)/t25-,27+,28+,29?,34+,35+,36-,37-/m1/s1. The summed E-state index contributed by atoms with van der Waals surface area (Å²) in [7, 11) is 0. The van der Waals surface area contributed by atoms with Crippen LogP contribution in [-0.4, -0.2) is 17.7 Å². The van der Waals surface area contributed by atoms with Crippen molar-refractivity contribution in [1.82, 2.24) is 5.32 Å². The van der Waals surface area contributed by atoms with Crippen molar-refractivity contribution in [3.63, 3.8) is 0 Å². The summed E-state index contributed by atoms with van der Waals surface area (Å²) in [5.74, 6) is 2.67. The zero-order valence-electron chi connectivity index (χ0n) is 26.5. The summed E-state index contributed by atoms with van der Waals surface area (Å²) >= 11 is 0. The maximum Gasteiger partial charge on any atom is 0.251 e. The van der Waals surface area contributed by atoms with Gasteiger partial charge in [-0.3, -0.25) is 9.59 Å². The van der Waals surface area contributed by atoms with E-state index in [1.165, 1.54) is 50.5 Å². The molecule has 4 fully saturated rings. The van der Waals surface area contributed by atoms with Crippen molar-refractivity contribution in [1.29, 1.82) is 0 Å². The van der Waals surface area contributed by atoms with Gasteiger partial charge in [-0.25, -0.2) is 0 Å². The molecular weight excluding hydrogens is 490 g/mol. The Bertz CT molecular complexity index is 1240. The van der Waals surface area contributed by atoms with Crippen LogP contribution in [0.2, 0.25) is 0 Å². The van der Waals surface area contributed by atoms with Crippen molar-refractivity contribution < 1.29 is 9.59 Å². The van der Waals surface area contributed by atoms with Gasteiger partial charge in [0, 0.05) is 18.0 Å². The van der Waals surface area contributed by atoms with Crippen LogP contribution in [0.15, 0.2) is 41.5 Å². The summed E-state index contributed by atoms with van der Waals surface area (Å²) in [5.41, 5.74) is 4.48. The fourth-order valence-electron chi connectivity index (χ4n) is 12.0. The maximum absolute atomic E-state index is 13.3. The molecule has 3 nitrogen and oxygen atoms in total. The quantitative estimate of drug-likeness (QED) is 0.414. The topological polar surface area (TPSA) is 46.2 Å². The number of hydrogen-bond donors (Lipinski definition) is 1. The third-order valence-corrected chi connectivity index (χ3v) is 14.2. The normalized spacial score (nSPS) is 44.0. The van der Waals surface area contributed by atoms with Crippen molar-refractivity contribution in [3.05, 3.63) is 47.0 Å². The molecule has 6 rings (SSSR count). The smallest absolute Gasteiger partial charge is 0.251 e. The van der Waals surface area contributed by atoms with Crippen LogP contribution in [0.1, 0.15) is 124 Å². The van der Waals surface area contributed by atoms with Crippen LogP contribution in [0.3, 0.4) is 0 Å². The number of carbonyl (C=O) groups excluding carboxylic acids is 2. The van der Waals surface area contributed by atoms with Gasteiger partial charge >= 0.3 is 0 Å². The van der Waals surface area contributed by atoms with Crippen LogP contribution in [0.5, 0.6) is 0 Å². The largest absolute Gasteiger partial charge is 0.349 e. The lowest BCUT2D eigenvalue weighted by Gasteiger charge is -2.72. The summed E-state index contributed by atoms with van der Waals surface area (Å²) in [5, 5.41) is 3.48. The lowest BCUT2D eigenvalue weighted by atomic mass is 9.33. The van der Waals surface area contributed by atoms with Gasteiger partial charge in [0.2, 0.25) is 0 Å². The van der Waals surface area contributed by atoms with E-state index in [4.69, 9.17) is 0 Å². The van der Waals surface area contributed by atoms with Crippen LogP contribution in [0, 0.1) is 50.7 Å². The number of hydrogen-bond acceptors (Lipinski definition) is 2. The highest BCUT2D eigenvalue weighted by atomic mass is 16.1. The number of rotatable bonds is 3. The third-order valence-electron chi connectivity index (χ3n) is 14.2. The second kappa shape index (κ2) is 9.05. The molecule has 3 heteroatoms. The van der Waals surface area contributed by atoms with Crippen LogP contribution in [0.4, 0.5) is 0 Å². The molecule has 1 N–H and O–H groups in total. The predicted molar refractivity (Wildman–Crippen MR) is 163 cm³/mol. The Labute approximate surface area is 243 Å². The van der Waals surface area contributed by atoms with E-state index in [0.717, 1.165) is 18.4 Å². The maximum atomic E-state index is 13.3. The van der Waals surface area contributed by atoms with Gasteiger partial charge in [-0.15, -0.1) is 0 Å². The van der Waals surface area contributed by atoms with Crippen molar-refractivity contribution in [3.8, 4) is 0 Å². The highest BCUT2D eigenvalue weighted by Gasteiger charge is 2.69. The zero-order valence-corrected chi connectivity index (χ0v) is 26.5. The van der Waals surface area contributed by atoms with Gasteiger partial charge in [0.1, 0.15) is 0 Å². The van der Waals surface area contributed by atoms with Crippen LogP contribution in [-0.2, 0) is 4.79 Å². The Morgan fingerprint density at radius 3 is 2.20 bits per heavy atom. The predicted octanol–water partition coefficient (Wildman–Crippen LogP) is 8.79. The fraction of sp³-hybridized carbons (Fsp3) is 0.730. The third kappa shape index (κ3) is 3.67. The van der Waals surface area contributed by atoms with E-state index in [1.54, 1.807) is 5.57 Å². The number of carbonyl (C=O) groups is 2. The van der Waals surface area contributed by atoms with Crippen molar-refractivity contribution in [2.75, 3.05) is 0 Å². The highest BCUT2D eigenvalue weighted by molar-refractivity contribution is 6.00. The second-order valence-electron chi connectivity index (χ2n) is 16.5. The number of Topliss-reactive ketones (excluding diaryl/α,β-unsaturated/α-hetero) is 1. The first-order chi connectivity index (χ1) is 18.7. The molecule has 1 aromatic carbocycles. The Morgan fingerprint density at radius 1 is 0.825 bits per heavy atom. The Hall–Kier alpha value is -1.90. The number of benzene rings is 1. The van der Waals surface area contributed by atoms with Gasteiger partial charge in [0.15, 0.2) is 5.78 Å². The number of ketones is 1. The van der Waals surface area contributed by atoms with Crippen molar-refractivity contribution in [2.45, 2.75) is 119 Å². The molecule has 1 amide bonds. The van der Waals surface area contributed by atoms with Gasteiger partial charge in [-0.1, -0.05) is 79.2 Å². The van der Waals surface area contributed by atoms with Crippen LogP contribution >= 0.6 is 0 Å². The lowest BCUT2D eigenvalue weighted by Crippen LogP contribution is -2.66. The highest BCUT2D eigenvalue weighted by Crippen LogP contribution is 2.76. The molecule has 8 atom stereocenters. The molecule has 0 saturated heterocycles. The van der Waals surface area contributed by atoms with E-state index >= 15 is 0 Å². The summed E-state index contributed by atoms with van der Waals surface area (Å²) in [6.07, 6.45) is 10.4. The van der Waals surface area contributed by atoms with E-state index < -0.39 is 0 Å². The van der Waals surface area contributed by atoms with Crippen molar-refractivity contribution >= 4 is 11.7 Å². The number of fused-ring (bicyclic) bond motifs is 7. The minimum atomic E-state index is 0.0485. The zero-order chi connectivity index (χ0) is 28.9. The molecule has 5 aliphatic carbocycles. The first-order valence-electron chi connectivity index (χ1n) is 16.3. The molecule has 4 saturated carbocycles. The molecule has 0 bridgehead atoms. The molecule has 0 aromatic heterocycles. The minimum absolute atomic E-state index is 0.0485. The van der Waals surface area contributed by atoms with E-state index in [-0.39, 0.29) is 39.0 Å². The Morgan fingerprint density at radius 2 is 1.52 bits per heavy atom. The van der Waals surface area contributed by atoms with Crippen LogP contribution < -0.4 is 5.32 Å². The molecule has 0 heterocycles. The lowest BCUT2D eigenvalue weighted by molar-refractivity contribution is -0.215. The van der Waals surface area contributed by atoms with E-state index in [0.29, 0.717) is 29.5 Å². The number of nitrogens with one attached hydrogen (secondary N) is 1. The molecule has 0 spiro atoms. The molecule has 5 aliphatic rings. The summed E-state index contributed by atoms with van der Waals surface area (Å²) in [4.78, 5) is 26.5. The second-order valence-corrected chi connectivity index (χ2v) is 16.5. The van der Waals surface area contributed by atoms with Crippen molar-refractivity contribution in [2.24, 2.45) is 50.7 Å². The first-order valence-corrected chi connectivity index (χ1v) is 16.3. The molecule has 0 aliphatic heterocycles. The first kappa shape index (κ1) is 28.2. The molecule has 1 aromatic rings. The SMILES string of the molecule is CC(C)C1=C2[C@H]3CC[C@H]4[C@@]5(C)CCC(NC(=O)c6ccccc6)C(C)(C)[C@@H]5CC[C@@]4(C)[C@]3(C)CC[C@@]2(C)CC1=O. The van der Waals surface area contributed by atoms with Gasteiger partial charge in [-0.05, 0) is 120 Å². The molecular formula is C37H53NO2. The summed E-state index contributed by atoms with van der Waals surface area (Å²) < 4.78 is 0. The molecule has 40 heavy (non-hydrogen) atoms. The summed E-state index contributed by atoms with van der Waals surface area (Å²) in [6, 6.07) is 9.92. The van der Waals surface area contributed by atoms with E-state index in [1.807, 2.05) is 30.3 Å². The Balaban J connectivity index is 1.31. The Kier molecular flexibility index (Phi) is 6.39. The minimum Gasteiger partial charge on any atom is -0.349 e. The van der Waals surface area contributed by atoms with Gasteiger partial charge in [-0.2, -0.15) is 0 Å². The molecule has 0 radical (unpaired) electrons. The molecule has 218 valence electrons. The average molecular weight is 544 g/mol.